The topological polar surface area (TPSA) is 93.4 Å². The van der Waals surface area contributed by atoms with E-state index >= 15 is 0 Å². The fourth-order valence-corrected chi connectivity index (χ4v) is 3.59. The van der Waals surface area contributed by atoms with E-state index < -0.39 is 33.7 Å². The molecule has 1 unspecified atom stereocenters. The Bertz CT molecular complexity index is 963. The largest absolute Gasteiger partial charge is 0.433 e. The average Bonchev–Trinajstić information content (AvgIpc) is 2.99. The van der Waals surface area contributed by atoms with Crippen LogP contribution in [0.5, 0.6) is 0 Å². The highest BCUT2D eigenvalue weighted by Gasteiger charge is 2.35. The van der Waals surface area contributed by atoms with Gasteiger partial charge in [0.1, 0.15) is 11.3 Å². The summed E-state index contributed by atoms with van der Waals surface area (Å²) in [6.07, 6.45) is -2.38. The molecule has 24 heavy (non-hydrogen) atoms. The number of carbonyl (C=O) groups excluding carboxylic acids is 1. The molecule has 1 N–H and O–H groups in total. The molecule has 7 nitrogen and oxygen atoms in total. The minimum absolute atomic E-state index is 0.0766. The lowest BCUT2D eigenvalue weighted by atomic mass is 10.2. The van der Waals surface area contributed by atoms with E-state index in [0.29, 0.717) is 4.52 Å². The van der Waals surface area contributed by atoms with Crippen LogP contribution in [0.2, 0.25) is 0 Å². The Morgan fingerprint density at radius 1 is 1.42 bits per heavy atom. The van der Waals surface area contributed by atoms with Crippen molar-refractivity contribution in [3.8, 4) is 0 Å². The molecule has 1 aliphatic rings. The summed E-state index contributed by atoms with van der Waals surface area (Å²) in [4.78, 5) is 16.2. The Balaban J connectivity index is 1.98. The highest BCUT2D eigenvalue weighted by Crippen LogP contribution is 2.30. The maximum absolute atomic E-state index is 13.1. The Kier molecular flexibility index (Phi) is 3.62. The van der Waals surface area contributed by atoms with Crippen LogP contribution in [-0.2, 0) is 16.0 Å². The van der Waals surface area contributed by atoms with Crippen molar-refractivity contribution in [1.29, 1.82) is 0 Å². The standard InChI is InChI=1S/C13H11F3N4O3S/c1-7-4-10(13(14,15)16)20-11(18-7)9(5-17-20)12(21)19-8-2-3-24(22,23)6-8/h2-5,8H,6H2,1H3,(H,19,21). The SMILES string of the molecule is Cc1cc(C(F)(F)F)n2ncc(C(=O)NC3C=CS(=O)(=O)C3)c2n1. The van der Waals surface area contributed by atoms with E-state index in [-0.39, 0.29) is 22.7 Å². The number of nitrogens with one attached hydrogen (secondary N) is 1. The van der Waals surface area contributed by atoms with E-state index in [4.69, 9.17) is 0 Å². The van der Waals surface area contributed by atoms with Crippen LogP contribution in [0.1, 0.15) is 21.7 Å². The number of hydrogen-bond donors (Lipinski definition) is 1. The summed E-state index contributed by atoms with van der Waals surface area (Å²) in [5, 5.41) is 7.00. The molecule has 1 amide bonds. The van der Waals surface area contributed by atoms with Crippen LogP contribution in [0, 0.1) is 6.92 Å². The molecule has 2 aromatic heterocycles. The van der Waals surface area contributed by atoms with Crippen molar-refractivity contribution in [1.82, 2.24) is 19.9 Å². The van der Waals surface area contributed by atoms with Gasteiger partial charge >= 0.3 is 6.18 Å². The first-order valence-electron chi connectivity index (χ1n) is 6.71. The molecule has 0 bridgehead atoms. The minimum Gasteiger partial charge on any atom is -0.345 e. The van der Waals surface area contributed by atoms with Gasteiger partial charge in [-0.25, -0.2) is 17.9 Å². The Hall–Kier alpha value is -2.43. The number of amides is 1. The van der Waals surface area contributed by atoms with E-state index in [1.165, 1.54) is 13.0 Å². The Morgan fingerprint density at radius 2 is 2.12 bits per heavy atom. The molecule has 0 saturated carbocycles. The van der Waals surface area contributed by atoms with Crippen LogP contribution in [0.3, 0.4) is 0 Å². The second kappa shape index (κ2) is 5.30. The highest BCUT2D eigenvalue weighted by molar-refractivity contribution is 7.94. The monoisotopic (exact) mass is 360 g/mol. The molecule has 1 atom stereocenters. The van der Waals surface area contributed by atoms with Gasteiger partial charge in [0.15, 0.2) is 15.5 Å². The van der Waals surface area contributed by atoms with E-state index in [2.05, 4.69) is 15.4 Å². The zero-order valence-electron chi connectivity index (χ0n) is 12.2. The third-order valence-corrected chi connectivity index (χ3v) is 4.78. The average molecular weight is 360 g/mol. The van der Waals surface area contributed by atoms with E-state index in [9.17, 15) is 26.4 Å². The van der Waals surface area contributed by atoms with Gasteiger partial charge in [-0.1, -0.05) is 0 Å². The number of nitrogens with zero attached hydrogens (tertiary/aromatic N) is 3. The normalized spacial score (nSPS) is 19.8. The fourth-order valence-electron chi connectivity index (χ4n) is 2.36. The smallest absolute Gasteiger partial charge is 0.345 e. The summed E-state index contributed by atoms with van der Waals surface area (Å²) >= 11 is 0. The summed E-state index contributed by atoms with van der Waals surface area (Å²) in [6.45, 7) is 1.37. The molecular weight excluding hydrogens is 349 g/mol. The fraction of sp³-hybridized carbons (Fsp3) is 0.308. The maximum atomic E-state index is 13.1. The summed E-state index contributed by atoms with van der Waals surface area (Å²) in [5.74, 6) is -1.04. The van der Waals surface area contributed by atoms with Gasteiger partial charge in [-0.3, -0.25) is 4.79 Å². The number of aromatic nitrogens is 3. The number of carbonyl (C=O) groups is 1. The van der Waals surface area contributed by atoms with Crippen molar-refractivity contribution in [3.05, 3.63) is 40.7 Å². The molecule has 0 fully saturated rings. The van der Waals surface area contributed by atoms with E-state index in [0.717, 1.165) is 17.7 Å². The Morgan fingerprint density at radius 3 is 2.71 bits per heavy atom. The van der Waals surface area contributed by atoms with Gasteiger partial charge in [0.05, 0.1) is 18.0 Å². The van der Waals surface area contributed by atoms with Crippen LogP contribution in [0.4, 0.5) is 13.2 Å². The third-order valence-electron chi connectivity index (χ3n) is 3.38. The van der Waals surface area contributed by atoms with Crippen molar-refractivity contribution in [2.75, 3.05) is 5.75 Å². The lowest BCUT2D eigenvalue weighted by Crippen LogP contribution is -2.35. The van der Waals surface area contributed by atoms with Crippen LogP contribution in [0.25, 0.3) is 5.65 Å². The zero-order chi connectivity index (χ0) is 17.7. The lowest BCUT2D eigenvalue weighted by Gasteiger charge is -2.11. The Labute approximate surface area is 134 Å². The zero-order valence-corrected chi connectivity index (χ0v) is 13.0. The van der Waals surface area contributed by atoms with Crippen LogP contribution in [0.15, 0.2) is 23.7 Å². The molecule has 3 heterocycles. The van der Waals surface area contributed by atoms with Gasteiger partial charge in [0, 0.05) is 11.1 Å². The van der Waals surface area contributed by atoms with Crippen LogP contribution < -0.4 is 5.32 Å². The highest BCUT2D eigenvalue weighted by atomic mass is 32.2. The van der Waals surface area contributed by atoms with E-state index in [1.807, 2.05) is 0 Å². The molecule has 0 radical (unpaired) electrons. The summed E-state index contributed by atoms with van der Waals surface area (Å²) < 4.78 is 62.4. The summed E-state index contributed by atoms with van der Waals surface area (Å²) in [7, 11) is -3.37. The molecule has 0 aromatic carbocycles. The molecule has 0 saturated heterocycles. The molecule has 2 aromatic rings. The quantitative estimate of drug-likeness (QED) is 0.866. The number of sulfone groups is 1. The van der Waals surface area contributed by atoms with Gasteiger partial charge in [-0.05, 0) is 19.1 Å². The number of halogens is 3. The molecule has 3 rings (SSSR count). The van der Waals surface area contributed by atoms with Crippen molar-refractivity contribution in [2.45, 2.75) is 19.1 Å². The number of hydrogen-bond acceptors (Lipinski definition) is 5. The first-order valence-corrected chi connectivity index (χ1v) is 8.43. The van der Waals surface area contributed by atoms with Crippen molar-refractivity contribution in [3.63, 3.8) is 0 Å². The molecule has 0 spiro atoms. The van der Waals surface area contributed by atoms with Crippen LogP contribution >= 0.6 is 0 Å². The number of alkyl halides is 3. The second-order valence-corrected chi connectivity index (χ2v) is 7.24. The van der Waals surface area contributed by atoms with Gasteiger partial charge in [-0.2, -0.15) is 18.3 Å². The maximum Gasteiger partial charge on any atom is 0.433 e. The predicted octanol–water partition coefficient (Wildman–Crippen LogP) is 1.10. The predicted molar refractivity (Wildman–Crippen MR) is 76.9 cm³/mol. The van der Waals surface area contributed by atoms with Crippen molar-refractivity contribution < 1.29 is 26.4 Å². The number of rotatable bonds is 2. The molecule has 11 heteroatoms. The van der Waals surface area contributed by atoms with Gasteiger partial charge in [0.25, 0.3) is 5.91 Å². The lowest BCUT2D eigenvalue weighted by molar-refractivity contribution is -0.142. The third kappa shape index (κ3) is 2.98. The van der Waals surface area contributed by atoms with Gasteiger partial charge in [-0.15, -0.1) is 0 Å². The van der Waals surface area contributed by atoms with Gasteiger partial charge < -0.3 is 5.32 Å². The molecule has 0 aliphatic carbocycles. The number of aryl methyl sites for hydroxylation is 1. The minimum atomic E-state index is -4.66. The van der Waals surface area contributed by atoms with Crippen LogP contribution in [-0.4, -0.2) is 40.7 Å². The molecule has 128 valence electrons. The summed E-state index contributed by atoms with van der Waals surface area (Å²) in [5.41, 5.74) is -1.38. The second-order valence-electron chi connectivity index (χ2n) is 5.31. The van der Waals surface area contributed by atoms with Gasteiger partial charge in [0.2, 0.25) is 0 Å². The van der Waals surface area contributed by atoms with E-state index in [1.54, 1.807) is 0 Å². The number of fused-ring (bicyclic) bond motifs is 1. The molecular formula is C13H11F3N4O3S. The molecule has 1 aliphatic heterocycles. The first-order chi connectivity index (χ1) is 11.1. The van der Waals surface area contributed by atoms with Crippen molar-refractivity contribution in [2.24, 2.45) is 0 Å². The first kappa shape index (κ1) is 16.4. The summed E-state index contributed by atoms with van der Waals surface area (Å²) in [6, 6.07) is 0.0814. The van der Waals surface area contributed by atoms with Crippen molar-refractivity contribution >= 4 is 21.4 Å².